The Morgan fingerprint density at radius 3 is 2.88 bits per heavy atom. The molecule has 0 atom stereocenters. The fourth-order valence-electron chi connectivity index (χ4n) is 1.37. The number of furan rings is 1. The third-order valence-corrected chi connectivity index (χ3v) is 2.34. The summed E-state index contributed by atoms with van der Waals surface area (Å²) in [5.41, 5.74) is 7.31. The second-order valence-electron chi connectivity index (χ2n) is 3.26. The maximum Gasteiger partial charge on any atom is 0.133 e. The Hall–Kier alpha value is -1.74. The Morgan fingerprint density at radius 1 is 1.31 bits per heavy atom. The molecule has 82 valence electrons. The van der Waals surface area contributed by atoms with Crippen LogP contribution < -0.4 is 5.73 Å². The van der Waals surface area contributed by atoms with Gasteiger partial charge in [0.25, 0.3) is 0 Å². The van der Waals surface area contributed by atoms with Crippen LogP contribution in [0, 0.1) is 0 Å². The number of amidine groups is 1. The van der Waals surface area contributed by atoms with Gasteiger partial charge in [0.1, 0.15) is 11.6 Å². The third-order valence-electron chi connectivity index (χ3n) is 2.06. The van der Waals surface area contributed by atoms with Gasteiger partial charge in [0.15, 0.2) is 0 Å². The first-order valence-electron chi connectivity index (χ1n) is 4.82. The molecule has 1 heterocycles. The summed E-state index contributed by atoms with van der Waals surface area (Å²) in [6.07, 6.45) is 1.64. The van der Waals surface area contributed by atoms with E-state index < -0.39 is 0 Å². The summed E-state index contributed by atoms with van der Waals surface area (Å²) in [7, 11) is 0. The molecule has 0 radical (unpaired) electrons. The molecule has 0 unspecified atom stereocenters. The average Bonchev–Trinajstić information content (AvgIpc) is 2.83. The highest BCUT2D eigenvalue weighted by atomic mass is 35.5. The summed E-state index contributed by atoms with van der Waals surface area (Å²) in [5.74, 6) is 1.44. The van der Waals surface area contributed by atoms with E-state index in [0.717, 1.165) is 17.0 Å². The summed E-state index contributed by atoms with van der Waals surface area (Å²) >= 11 is 5.57. The molecule has 0 saturated carbocycles. The van der Waals surface area contributed by atoms with Crippen molar-refractivity contribution in [2.24, 2.45) is 10.7 Å². The first-order valence-corrected chi connectivity index (χ1v) is 5.36. The molecule has 0 aliphatic carbocycles. The van der Waals surface area contributed by atoms with Crippen LogP contribution in [0.4, 0.5) is 5.69 Å². The molecule has 2 rings (SSSR count). The number of benzene rings is 1. The smallest absolute Gasteiger partial charge is 0.133 e. The number of halogens is 1. The van der Waals surface area contributed by atoms with E-state index in [0.29, 0.717) is 5.84 Å². The topological polar surface area (TPSA) is 51.5 Å². The zero-order valence-electron chi connectivity index (χ0n) is 8.56. The Balaban J connectivity index is 2.34. The van der Waals surface area contributed by atoms with E-state index in [-0.39, 0.29) is 5.88 Å². The monoisotopic (exact) mass is 234 g/mol. The highest BCUT2D eigenvalue weighted by Crippen LogP contribution is 2.24. The van der Waals surface area contributed by atoms with Gasteiger partial charge in [0, 0.05) is 5.56 Å². The molecule has 2 aromatic rings. The van der Waals surface area contributed by atoms with Gasteiger partial charge in [-0.3, -0.25) is 0 Å². The minimum atomic E-state index is 0.227. The van der Waals surface area contributed by atoms with E-state index in [4.69, 9.17) is 21.8 Å². The van der Waals surface area contributed by atoms with Crippen molar-refractivity contribution in [2.75, 3.05) is 5.88 Å². The highest BCUT2D eigenvalue weighted by Gasteiger charge is 2.01. The molecule has 0 aliphatic rings. The Labute approximate surface area is 98.6 Å². The SMILES string of the molecule is NC(CCl)=Nc1cccc(-c2ccco2)c1. The molecule has 0 amide bonds. The molecule has 4 heteroatoms. The first-order chi connectivity index (χ1) is 7.79. The van der Waals surface area contributed by atoms with Crippen molar-refractivity contribution in [1.29, 1.82) is 0 Å². The van der Waals surface area contributed by atoms with Crippen LogP contribution in [0.1, 0.15) is 0 Å². The van der Waals surface area contributed by atoms with Crippen LogP contribution in [0.5, 0.6) is 0 Å². The van der Waals surface area contributed by atoms with Crippen LogP contribution in [0.3, 0.4) is 0 Å². The standard InChI is InChI=1S/C12H11ClN2O/c13-8-12(14)15-10-4-1-3-9(7-10)11-5-2-6-16-11/h1-7H,8H2,(H2,14,15). The van der Waals surface area contributed by atoms with E-state index in [1.807, 2.05) is 36.4 Å². The van der Waals surface area contributed by atoms with Gasteiger partial charge < -0.3 is 10.2 Å². The minimum absolute atomic E-state index is 0.227. The van der Waals surface area contributed by atoms with Crippen molar-refractivity contribution >= 4 is 23.1 Å². The van der Waals surface area contributed by atoms with Crippen LogP contribution in [0.15, 0.2) is 52.1 Å². The van der Waals surface area contributed by atoms with E-state index in [1.165, 1.54) is 0 Å². The Kier molecular flexibility index (Phi) is 3.27. The molecule has 0 fully saturated rings. The number of nitrogens with zero attached hydrogens (tertiary/aromatic N) is 1. The molecule has 0 spiro atoms. The molecular weight excluding hydrogens is 224 g/mol. The van der Waals surface area contributed by atoms with Crippen LogP contribution in [0.25, 0.3) is 11.3 Å². The van der Waals surface area contributed by atoms with Crippen LogP contribution in [-0.2, 0) is 0 Å². The zero-order chi connectivity index (χ0) is 11.4. The number of alkyl halides is 1. The van der Waals surface area contributed by atoms with Crippen LogP contribution in [-0.4, -0.2) is 11.7 Å². The number of hydrogen-bond acceptors (Lipinski definition) is 2. The molecule has 0 aliphatic heterocycles. The fourth-order valence-corrected chi connectivity index (χ4v) is 1.43. The van der Waals surface area contributed by atoms with E-state index in [9.17, 15) is 0 Å². The Bertz CT molecular complexity index is 491. The van der Waals surface area contributed by atoms with Crippen molar-refractivity contribution in [1.82, 2.24) is 0 Å². The highest BCUT2D eigenvalue weighted by molar-refractivity contribution is 6.28. The maximum atomic E-state index is 5.57. The van der Waals surface area contributed by atoms with Gasteiger partial charge in [-0.2, -0.15) is 0 Å². The first kappa shape index (κ1) is 10.8. The van der Waals surface area contributed by atoms with Gasteiger partial charge in [-0.15, -0.1) is 11.6 Å². The number of aliphatic imine (C=N–C) groups is 1. The summed E-state index contributed by atoms with van der Waals surface area (Å²) in [5, 5.41) is 0. The van der Waals surface area contributed by atoms with Crippen molar-refractivity contribution in [3.63, 3.8) is 0 Å². The van der Waals surface area contributed by atoms with E-state index >= 15 is 0 Å². The van der Waals surface area contributed by atoms with Gasteiger partial charge in [-0.25, -0.2) is 4.99 Å². The summed E-state index contributed by atoms with van der Waals surface area (Å²) in [6.45, 7) is 0. The van der Waals surface area contributed by atoms with E-state index in [2.05, 4.69) is 4.99 Å². The number of rotatable bonds is 3. The van der Waals surface area contributed by atoms with Gasteiger partial charge in [0.2, 0.25) is 0 Å². The normalized spacial score (nSPS) is 11.7. The molecule has 2 N–H and O–H groups in total. The molecule has 16 heavy (non-hydrogen) atoms. The summed E-state index contributed by atoms with van der Waals surface area (Å²) in [4.78, 5) is 4.17. The van der Waals surface area contributed by atoms with Gasteiger partial charge >= 0.3 is 0 Å². The van der Waals surface area contributed by atoms with E-state index in [1.54, 1.807) is 6.26 Å². The average molecular weight is 235 g/mol. The largest absolute Gasteiger partial charge is 0.464 e. The zero-order valence-corrected chi connectivity index (χ0v) is 9.32. The molecule has 3 nitrogen and oxygen atoms in total. The quantitative estimate of drug-likeness (QED) is 0.504. The Morgan fingerprint density at radius 2 is 2.19 bits per heavy atom. The molecule has 1 aromatic carbocycles. The second-order valence-corrected chi connectivity index (χ2v) is 3.53. The maximum absolute atomic E-state index is 5.57. The molecule has 0 saturated heterocycles. The summed E-state index contributed by atoms with van der Waals surface area (Å²) in [6, 6.07) is 11.4. The summed E-state index contributed by atoms with van der Waals surface area (Å²) < 4.78 is 5.30. The van der Waals surface area contributed by atoms with Crippen molar-refractivity contribution in [3.8, 4) is 11.3 Å². The molecular formula is C12H11ClN2O. The fraction of sp³-hybridized carbons (Fsp3) is 0.0833. The predicted octanol–water partition coefficient (Wildman–Crippen LogP) is 3.17. The third kappa shape index (κ3) is 2.44. The number of hydrogen-bond donors (Lipinski definition) is 1. The van der Waals surface area contributed by atoms with Gasteiger partial charge in [-0.1, -0.05) is 12.1 Å². The van der Waals surface area contributed by atoms with Crippen molar-refractivity contribution in [3.05, 3.63) is 42.7 Å². The van der Waals surface area contributed by atoms with Crippen molar-refractivity contribution in [2.45, 2.75) is 0 Å². The lowest BCUT2D eigenvalue weighted by atomic mass is 10.1. The lowest BCUT2D eigenvalue weighted by molar-refractivity contribution is 0.582. The molecule has 1 aromatic heterocycles. The van der Waals surface area contributed by atoms with Gasteiger partial charge in [0.05, 0.1) is 17.8 Å². The molecule has 0 bridgehead atoms. The lowest BCUT2D eigenvalue weighted by Gasteiger charge is -1.99. The number of nitrogens with two attached hydrogens (primary N) is 1. The van der Waals surface area contributed by atoms with Crippen LogP contribution in [0.2, 0.25) is 0 Å². The minimum Gasteiger partial charge on any atom is -0.464 e. The van der Waals surface area contributed by atoms with Gasteiger partial charge in [-0.05, 0) is 24.3 Å². The predicted molar refractivity (Wildman–Crippen MR) is 66.1 cm³/mol. The van der Waals surface area contributed by atoms with Crippen molar-refractivity contribution < 1.29 is 4.42 Å². The lowest BCUT2D eigenvalue weighted by Crippen LogP contribution is -2.12. The van der Waals surface area contributed by atoms with Crippen LogP contribution >= 0.6 is 11.6 Å². The second kappa shape index (κ2) is 4.86.